The van der Waals surface area contributed by atoms with Crippen LogP contribution in [0.4, 0.5) is 5.69 Å². The van der Waals surface area contributed by atoms with E-state index in [0.717, 1.165) is 19.8 Å². The Balaban J connectivity index is 1.95. The Kier molecular flexibility index (Phi) is 3.88. The van der Waals surface area contributed by atoms with E-state index >= 15 is 0 Å². The van der Waals surface area contributed by atoms with Gasteiger partial charge in [0, 0.05) is 14.2 Å². The van der Waals surface area contributed by atoms with Crippen LogP contribution in [-0.2, 0) is 0 Å². The molecule has 0 unspecified atom stereocenters. The van der Waals surface area contributed by atoms with E-state index in [1.807, 2.05) is 48.5 Å². The fraction of sp³-hybridized carbons (Fsp3) is 0. The summed E-state index contributed by atoms with van der Waals surface area (Å²) in [6, 6.07) is 15.7. The first-order chi connectivity index (χ1) is 9.74. The zero-order chi connectivity index (χ0) is 13.9. The van der Waals surface area contributed by atoms with Crippen LogP contribution >= 0.6 is 34.4 Å². The number of nitrogens with zero attached hydrogens (tertiary/aromatic N) is 4. The molecular weight excluding hydrogens is 385 g/mol. The van der Waals surface area contributed by atoms with Crippen molar-refractivity contribution >= 4 is 40.0 Å². The highest BCUT2D eigenvalue weighted by molar-refractivity contribution is 14.1. The molecule has 0 amide bonds. The predicted octanol–water partition coefficient (Wildman–Crippen LogP) is 3.00. The monoisotopic (exact) mass is 395 g/mol. The molecule has 7 heteroatoms. The minimum atomic E-state index is 0.684. The van der Waals surface area contributed by atoms with Crippen molar-refractivity contribution < 1.29 is 0 Å². The molecule has 1 heterocycles. The molecule has 1 aromatic heterocycles. The zero-order valence-corrected chi connectivity index (χ0v) is 13.2. The zero-order valence-electron chi connectivity index (χ0n) is 10.3. The van der Waals surface area contributed by atoms with Gasteiger partial charge < -0.3 is 5.73 Å². The smallest absolute Gasteiger partial charge is 0.218 e. The highest BCUT2D eigenvalue weighted by Crippen LogP contribution is 2.32. The maximum absolute atomic E-state index is 6.02. The van der Waals surface area contributed by atoms with Gasteiger partial charge in [-0.1, -0.05) is 18.2 Å². The Morgan fingerprint density at radius 2 is 1.90 bits per heavy atom. The maximum atomic E-state index is 6.02. The first kappa shape index (κ1) is 13.4. The molecule has 3 aromatic rings. The predicted molar refractivity (Wildman–Crippen MR) is 86.8 cm³/mol. The molecule has 0 saturated carbocycles. The van der Waals surface area contributed by atoms with Crippen LogP contribution in [0.5, 0.6) is 0 Å². The van der Waals surface area contributed by atoms with Crippen molar-refractivity contribution in [2.24, 2.45) is 0 Å². The molecule has 100 valence electrons. The van der Waals surface area contributed by atoms with Crippen molar-refractivity contribution in [2.45, 2.75) is 10.1 Å². The second kappa shape index (κ2) is 5.80. The van der Waals surface area contributed by atoms with Gasteiger partial charge in [-0.15, -0.1) is 5.10 Å². The number of aromatic nitrogens is 4. The van der Waals surface area contributed by atoms with E-state index in [-0.39, 0.29) is 0 Å². The quantitative estimate of drug-likeness (QED) is 0.546. The second-order valence-electron chi connectivity index (χ2n) is 3.99. The van der Waals surface area contributed by atoms with E-state index in [1.54, 1.807) is 4.68 Å². The van der Waals surface area contributed by atoms with E-state index in [1.165, 1.54) is 11.8 Å². The van der Waals surface area contributed by atoms with Crippen LogP contribution < -0.4 is 5.73 Å². The minimum Gasteiger partial charge on any atom is -0.398 e. The van der Waals surface area contributed by atoms with E-state index in [2.05, 4.69) is 38.1 Å². The van der Waals surface area contributed by atoms with E-state index < -0.39 is 0 Å². The number of hydrogen-bond donors (Lipinski definition) is 1. The summed E-state index contributed by atoms with van der Waals surface area (Å²) in [5.41, 5.74) is 7.67. The number of tetrazole rings is 1. The second-order valence-corrected chi connectivity index (χ2v) is 6.25. The van der Waals surface area contributed by atoms with Gasteiger partial charge in [0.05, 0.1) is 5.69 Å². The SMILES string of the molecule is Nc1cc(I)ccc1Sc1nnnn1-c1ccccc1. The van der Waals surface area contributed by atoms with Crippen LogP contribution in [-0.4, -0.2) is 20.2 Å². The lowest BCUT2D eigenvalue weighted by Crippen LogP contribution is -1.99. The van der Waals surface area contributed by atoms with Gasteiger partial charge in [-0.3, -0.25) is 0 Å². The first-order valence-corrected chi connectivity index (χ1v) is 7.70. The molecule has 20 heavy (non-hydrogen) atoms. The number of benzene rings is 2. The number of anilines is 1. The molecule has 0 aliphatic heterocycles. The van der Waals surface area contributed by atoms with Crippen molar-refractivity contribution in [3.63, 3.8) is 0 Å². The van der Waals surface area contributed by atoms with Crippen molar-refractivity contribution in [2.75, 3.05) is 5.73 Å². The standard InChI is InChI=1S/C13H10IN5S/c14-9-6-7-12(11(15)8-9)20-13-16-17-18-19(13)10-4-2-1-3-5-10/h1-8H,15H2. The summed E-state index contributed by atoms with van der Waals surface area (Å²) in [5, 5.41) is 12.5. The van der Waals surface area contributed by atoms with Crippen LogP contribution in [0.1, 0.15) is 0 Å². The molecule has 0 aliphatic carbocycles. The summed E-state index contributed by atoms with van der Waals surface area (Å²) in [7, 11) is 0. The Morgan fingerprint density at radius 1 is 1.10 bits per heavy atom. The van der Waals surface area contributed by atoms with Crippen LogP contribution in [0.3, 0.4) is 0 Å². The molecule has 0 atom stereocenters. The highest BCUT2D eigenvalue weighted by Gasteiger charge is 2.11. The Bertz CT molecular complexity index is 729. The number of halogens is 1. The third kappa shape index (κ3) is 2.78. The van der Waals surface area contributed by atoms with Gasteiger partial charge in [-0.05, 0) is 75.1 Å². The van der Waals surface area contributed by atoms with Crippen molar-refractivity contribution in [1.29, 1.82) is 0 Å². The Labute approximate surface area is 133 Å². The fourth-order valence-corrected chi connectivity index (χ4v) is 3.01. The summed E-state index contributed by atoms with van der Waals surface area (Å²) < 4.78 is 2.80. The lowest BCUT2D eigenvalue weighted by atomic mass is 10.3. The van der Waals surface area contributed by atoms with E-state index in [4.69, 9.17) is 5.73 Å². The molecule has 0 aliphatic rings. The summed E-state index contributed by atoms with van der Waals surface area (Å²) in [6.07, 6.45) is 0. The van der Waals surface area contributed by atoms with Crippen molar-refractivity contribution in [3.05, 3.63) is 52.1 Å². The van der Waals surface area contributed by atoms with Gasteiger partial charge in [0.2, 0.25) is 5.16 Å². The van der Waals surface area contributed by atoms with Crippen molar-refractivity contribution in [3.8, 4) is 5.69 Å². The molecule has 0 saturated heterocycles. The summed E-state index contributed by atoms with van der Waals surface area (Å²) in [5.74, 6) is 0. The normalized spacial score (nSPS) is 10.7. The fourth-order valence-electron chi connectivity index (χ4n) is 1.68. The summed E-state index contributed by atoms with van der Waals surface area (Å²) in [6.45, 7) is 0. The van der Waals surface area contributed by atoms with Crippen molar-refractivity contribution in [1.82, 2.24) is 20.2 Å². The van der Waals surface area contributed by atoms with Crippen LogP contribution in [0, 0.1) is 3.57 Å². The largest absolute Gasteiger partial charge is 0.398 e. The van der Waals surface area contributed by atoms with Crippen LogP contribution in [0.15, 0.2) is 58.6 Å². The molecule has 2 N–H and O–H groups in total. The number of rotatable bonds is 3. The topological polar surface area (TPSA) is 69.6 Å². The molecule has 0 radical (unpaired) electrons. The van der Waals surface area contributed by atoms with Crippen LogP contribution in [0.25, 0.3) is 5.69 Å². The Hall–Kier alpha value is -1.61. The highest BCUT2D eigenvalue weighted by atomic mass is 127. The molecular formula is C13H10IN5S. The summed E-state index contributed by atoms with van der Waals surface area (Å²) >= 11 is 3.68. The van der Waals surface area contributed by atoms with Gasteiger partial charge in [-0.2, -0.15) is 4.68 Å². The number of para-hydroxylation sites is 1. The average molecular weight is 395 g/mol. The minimum absolute atomic E-state index is 0.684. The van der Waals surface area contributed by atoms with Gasteiger partial charge >= 0.3 is 0 Å². The third-order valence-corrected chi connectivity index (χ3v) is 4.31. The molecule has 0 fully saturated rings. The molecule has 3 rings (SSSR count). The van der Waals surface area contributed by atoms with Gasteiger partial charge in [-0.25, -0.2) is 0 Å². The number of hydrogen-bond acceptors (Lipinski definition) is 5. The van der Waals surface area contributed by atoms with Gasteiger partial charge in [0.15, 0.2) is 0 Å². The number of nitrogens with two attached hydrogens (primary N) is 1. The molecule has 2 aromatic carbocycles. The average Bonchev–Trinajstić information content (AvgIpc) is 2.91. The first-order valence-electron chi connectivity index (χ1n) is 5.81. The van der Waals surface area contributed by atoms with Gasteiger partial charge in [0.25, 0.3) is 0 Å². The lowest BCUT2D eigenvalue weighted by Gasteiger charge is -2.06. The maximum Gasteiger partial charge on any atom is 0.218 e. The van der Waals surface area contributed by atoms with E-state index in [9.17, 15) is 0 Å². The van der Waals surface area contributed by atoms with E-state index in [0.29, 0.717) is 5.16 Å². The number of nitrogen functional groups attached to an aromatic ring is 1. The summed E-state index contributed by atoms with van der Waals surface area (Å²) in [4.78, 5) is 0.942. The Morgan fingerprint density at radius 3 is 2.65 bits per heavy atom. The molecule has 5 nitrogen and oxygen atoms in total. The lowest BCUT2D eigenvalue weighted by molar-refractivity contribution is 0.756. The van der Waals surface area contributed by atoms with Crippen LogP contribution in [0.2, 0.25) is 0 Å². The molecule has 0 spiro atoms. The molecule has 0 bridgehead atoms. The van der Waals surface area contributed by atoms with Gasteiger partial charge in [0.1, 0.15) is 0 Å². The third-order valence-electron chi connectivity index (χ3n) is 2.61.